The zero-order chi connectivity index (χ0) is 25.3. The van der Waals surface area contributed by atoms with Gasteiger partial charge < -0.3 is 14.2 Å². The van der Waals surface area contributed by atoms with Gasteiger partial charge in [0.15, 0.2) is 0 Å². The summed E-state index contributed by atoms with van der Waals surface area (Å²) in [6.07, 6.45) is 6.22. The summed E-state index contributed by atoms with van der Waals surface area (Å²) in [5.74, 6) is 2.50. The van der Waals surface area contributed by atoms with Crippen LogP contribution in [-0.2, 0) is 19.4 Å². The predicted molar refractivity (Wildman–Crippen MR) is 146 cm³/mol. The van der Waals surface area contributed by atoms with E-state index in [0.717, 1.165) is 36.1 Å². The number of carbonyl (C=O) groups is 1. The summed E-state index contributed by atoms with van der Waals surface area (Å²) in [7, 11) is 0. The molecule has 0 unspecified atom stereocenters. The van der Waals surface area contributed by atoms with Crippen LogP contribution < -0.4 is 5.32 Å². The highest BCUT2D eigenvalue weighted by Crippen LogP contribution is 2.45. The van der Waals surface area contributed by atoms with Crippen LogP contribution in [0.2, 0.25) is 5.02 Å². The molecule has 1 amide bonds. The van der Waals surface area contributed by atoms with Gasteiger partial charge in [0.05, 0.1) is 24.6 Å². The summed E-state index contributed by atoms with van der Waals surface area (Å²) in [6.45, 7) is 7.22. The lowest BCUT2D eigenvalue weighted by atomic mass is 9.72. The van der Waals surface area contributed by atoms with Gasteiger partial charge in [-0.2, -0.15) is 0 Å². The van der Waals surface area contributed by atoms with E-state index in [1.165, 1.54) is 4.88 Å². The number of amides is 1. The molecule has 0 bridgehead atoms. The Labute approximate surface area is 220 Å². The van der Waals surface area contributed by atoms with Crippen LogP contribution in [0.1, 0.15) is 59.5 Å². The van der Waals surface area contributed by atoms with Crippen molar-refractivity contribution in [1.82, 2.24) is 5.32 Å². The SMILES string of the molecule is CC(C)(C)[C@@H]1CCc2c(sc(N=Cc3ccc(-c4cccc(Cl)c4)o3)c2C(=O)NCc2ccco2)C1. The molecule has 3 heterocycles. The normalized spacial score (nSPS) is 15.8. The number of hydrogen-bond donors (Lipinski definition) is 1. The molecule has 1 aromatic carbocycles. The third-order valence-corrected chi connectivity index (χ3v) is 8.14. The van der Waals surface area contributed by atoms with Gasteiger partial charge in [0, 0.05) is 15.5 Å². The van der Waals surface area contributed by atoms with Crippen molar-refractivity contribution in [2.24, 2.45) is 16.3 Å². The maximum atomic E-state index is 13.3. The van der Waals surface area contributed by atoms with Gasteiger partial charge >= 0.3 is 0 Å². The molecule has 1 atom stereocenters. The molecule has 0 saturated carbocycles. The van der Waals surface area contributed by atoms with Crippen LogP contribution in [-0.4, -0.2) is 12.1 Å². The van der Waals surface area contributed by atoms with Crippen molar-refractivity contribution >= 4 is 40.1 Å². The average Bonchev–Trinajstić information content (AvgIpc) is 3.60. The summed E-state index contributed by atoms with van der Waals surface area (Å²) in [5, 5.41) is 4.38. The number of hydrogen-bond acceptors (Lipinski definition) is 5. The quantitative estimate of drug-likeness (QED) is 0.261. The number of nitrogens with zero attached hydrogens (tertiary/aromatic N) is 1. The zero-order valence-electron chi connectivity index (χ0n) is 20.6. The molecule has 186 valence electrons. The number of nitrogens with one attached hydrogen (secondary N) is 1. The number of rotatable bonds is 6. The largest absolute Gasteiger partial charge is 0.467 e. The molecule has 3 aromatic heterocycles. The van der Waals surface area contributed by atoms with Crippen LogP contribution in [0.15, 0.2) is 68.6 Å². The molecule has 36 heavy (non-hydrogen) atoms. The van der Waals surface area contributed by atoms with Crippen LogP contribution >= 0.6 is 22.9 Å². The highest BCUT2D eigenvalue weighted by molar-refractivity contribution is 7.16. The Hall–Kier alpha value is -3.09. The second kappa shape index (κ2) is 10.1. The maximum Gasteiger partial charge on any atom is 0.255 e. The molecule has 5 nitrogen and oxygen atoms in total. The van der Waals surface area contributed by atoms with Gasteiger partial charge in [-0.1, -0.05) is 44.5 Å². The molecular formula is C29H29ClN2O3S. The fourth-order valence-corrected chi connectivity index (χ4v) is 6.10. The summed E-state index contributed by atoms with van der Waals surface area (Å²) >= 11 is 7.74. The fourth-order valence-electron chi connectivity index (χ4n) is 4.65. The molecule has 1 N–H and O–H groups in total. The average molecular weight is 521 g/mol. The van der Waals surface area contributed by atoms with E-state index in [0.29, 0.717) is 39.6 Å². The van der Waals surface area contributed by atoms with E-state index in [2.05, 4.69) is 26.1 Å². The van der Waals surface area contributed by atoms with Crippen molar-refractivity contribution in [3.05, 3.63) is 87.3 Å². The van der Waals surface area contributed by atoms with Gasteiger partial charge in [-0.05, 0) is 72.6 Å². The van der Waals surface area contributed by atoms with E-state index in [1.54, 1.807) is 23.8 Å². The Balaban J connectivity index is 1.43. The molecule has 0 radical (unpaired) electrons. The van der Waals surface area contributed by atoms with E-state index < -0.39 is 0 Å². The first-order chi connectivity index (χ1) is 17.3. The van der Waals surface area contributed by atoms with Crippen molar-refractivity contribution in [2.45, 2.75) is 46.6 Å². The van der Waals surface area contributed by atoms with E-state index in [9.17, 15) is 4.79 Å². The molecule has 5 rings (SSSR count). The second-order valence-electron chi connectivity index (χ2n) is 10.2. The second-order valence-corrected chi connectivity index (χ2v) is 11.7. The molecular weight excluding hydrogens is 492 g/mol. The zero-order valence-corrected chi connectivity index (χ0v) is 22.2. The summed E-state index contributed by atoms with van der Waals surface area (Å²) in [5.41, 5.74) is 2.92. The summed E-state index contributed by atoms with van der Waals surface area (Å²) in [6, 6.07) is 15.0. The van der Waals surface area contributed by atoms with E-state index in [1.807, 2.05) is 48.5 Å². The van der Waals surface area contributed by atoms with Crippen molar-refractivity contribution in [1.29, 1.82) is 0 Å². The highest BCUT2D eigenvalue weighted by Gasteiger charge is 2.33. The van der Waals surface area contributed by atoms with Crippen LogP contribution in [0.5, 0.6) is 0 Å². The molecule has 0 saturated heterocycles. The summed E-state index contributed by atoms with van der Waals surface area (Å²) < 4.78 is 11.4. The molecule has 7 heteroatoms. The van der Waals surface area contributed by atoms with Gasteiger partial charge in [0.25, 0.3) is 5.91 Å². The fraction of sp³-hybridized carbons (Fsp3) is 0.310. The van der Waals surface area contributed by atoms with Crippen molar-refractivity contribution in [3.63, 3.8) is 0 Å². The Bertz CT molecular complexity index is 1390. The van der Waals surface area contributed by atoms with Gasteiger partial charge in [0.1, 0.15) is 22.3 Å². The molecule has 0 fully saturated rings. The number of thiophene rings is 1. The monoisotopic (exact) mass is 520 g/mol. The van der Waals surface area contributed by atoms with Crippen LogP contribution in [0, 0.1) is 11.3 Å². The molecule has 0 spiro atoms. The number of furan rings is 2. The van der Waals surface area contributed by atoms with E-state index in [4.69, 9.17) is 25.4 Å². The molecule has 4 aromatic rings. The Morgan fingerprint density at radius 2 is 2.08 bits per heavy atom. The minimum Gasteiger partial charge on any atom is -0.467 e. The number of halogens is 1. The predicted octanol–water partition coefficient (Wildman–Crippen LogP) is 8.09. The third-order valence-electron chi connectivity index (χ3n) is 6.75. The smallest absolute Gasteiger partial charge is 0.255 e. The van der Waals surface area contributed by atoms with Crippen molar-refractivity contribution in [3.8, 4) is 11.3 Å². The van der Waals surface area contributed by atoms with Crippen LogP contribution in [0.4, 0.5) is 5.00 Å². The van der Waals surface area contributed by atoms with E-state index >= 15 is 0 Å². The molecule has 1 aliphatic rings. The lowest BCUT2D eigenvalue weighted by Crippen LogP contribution is -2.28. The minimum atomic E-state index is -0.121. The Morgan fingerprint density at radius 1 is 1.22 bits per heavy atom. The van der Waals surface area contributed by atoms with Gasteiger partial charge in [-0.3, -0.25) is 4.79 Å². The number of fused-ring (bicyclic) bond motifs is 1. The van der Waals surface area contributed by atoms with Crippen molar-refractivity contribution < 1.29 is 13.6 Å². The first-order valence-electron chi connectivity index (χ1n) is 12.1. The summed E-state index contributed by atoms with van der Waals surface area (Å²) in [4.78, 5) is 19.4. The van der Waals surface area contributed by atoms with Crippen molar-refractivity contribution in [2.75, 3.05) is 0 Å². The number of aliphatic imine (C=N–C) groups is 1. The third kappa shape index (κ3) is 5.35. The maximum absolute atomic E-state index is 13.3. The first-order valence-corrected chi connectivity index (χ1v) is 13.3. The highest BCUT2D eigenvalue weighted by atomic mass is 35.5. The minimum absolute atomic E-state index is 0.121. The molecule has 0 aliphatic heterocycles. The van der Waals surface area contributed by atoms with E-state index in [-0.39, 0.29) is 11.3 Å². The lowest BCUT2D eigenvalue weighted by molar-refractivity contribution is 0.0947. The lowest BCUT2D eigenvalue weighted by Gasteiger charge is -2.33. The van der Waals surface area contributed by atoms with Gasteiger partial charge in [0.2, 0.25) is 0 Å². The Kier molecular flexibility index (Phi) is 6.91. The van der Waals surface area contributed by atoms with Crippen LogP contribution in [0.25, 0.3) is 11.3 Å². The molecule has 1 aliphatic carbocycles. The topological polar surface area (TPSA) is 67.7 Å². The number of benzene rings is 1. The standard InChI is InChI=1S/C29H29ClN2O3S/c1-29(2,3)19-9-11-23-25(15-19)36-28(26(23)27(33)31-16-21-8-5-13-34-21)32-17-22-10-12-24(35-22)18-6-4-7-20(30)14-18/h4-8,10,12-14,17,19H,9,11,15-16H2,1-3H3,(H,31,33)/t19-/m1/s1. The first kappa shape index (κ1) is 24.6. The van der Waals surface area contributed by atoms with Gasteiger partial charge in [-0.15, -0.1) is 11.3 Å². The number of carbonyl (C=O) groups excluding carboxylic acids is 1. The van der Waals surface area contributed by atoms with Crippen LogP contribution in [0.3, 0.4) is 0 Å². The van der Waals surface area contributed by atoms with Gasteiger partial charge in [-0.25, -0.2) is 4.99 Å². The Morgan fingerprint density at radius 3 is 2.83 bits per heavy atom.